The van der Waals surface area contributed by atoms with Crippen LogP contribution in [0.4, 0.5) is 5.82 Å². The van der Waals surface area contributed by atoms with E-state index in [-0.39, 0.29) is 17.9 Å². The molecular formula is C30H34ClN5O4. The molecule has 0 aliphatic carbocycles. The molecule has 1 unspecified atom stereocenters. The first-order valence-corrected chi connectivity index (χ1v) is 14.0. The van der Waals surface area contributed by atoms with Crippen molar-refractivity contribution in [3.8, 4) is 5.88 Å². The molecule has 0 radical (unpaired) electrons. The Kier molecular flexibility index (Phi) is 8.94. The average molecular weight is 564 g/mol. The Morgan fingerprint density at radius 3 is 2.67 bits per heavy atom. The Bertz CT molecular complexity index is 1390. The van der Waals surface area contributed by atoms with E-state index in [1.165, 1.54) is 6.08 Å². The quantitative estimate of drug-likeness (QED) is 0.327. The number of benzene rings is 1. The number of carboxylic acids is 1. The lowest BCUT2D eigenvalue weighted by molar-refractivity contribution is -0.129. The molecule has 3 aromatic rings. The molecule has 1 atom stereocenters. The van der Waals surface area contributed by atoms with Gasteiger partial charge >= 0.3 is 5.97 Å². The number of halogens is 1. The Morgan fingerprint density at radius 1 is 1.23 bits per heavy atom. The van der Waals surface area contributed by atoms with E-state index in [1.54, 1.807) is 0 Å². The third kappa shape index (κ3) is 6.96. The predicted molar refractivity (Wildman–Crippen MR) is 154 cm³/mol. The fraction of sp³-hybridized carbons (Fsp3) is 0.400. The standard InChI is InChI=1S/C30H34ClN5O4/c1-3-26(30(37)38)34-29-20(2)32-27(36(29)18-25-12-15-39-25)19-35-13-10-24(11-14-35)40-28-9-5-8-23(33-28)17-21-6-4-7-22(31)16-21/h3-9,16,24-25H,1,10-15,17-19H2,2H3,(H,37,38). The number of aliphatic imine (C=N–C) groups is 1. The lowest BCUT2D eigenvalue weighted by atomic mass is 10.1. The molecule has 10 heteroatoms. The van der Waals surface area contributed by atoms with Gasteiger partial charge in [0.2, 0.25) is 5.88 Å². The maximum Gasteiger partial charge on any atom is 0.354 e. The van der Waals surface area contributed by atoms with Crippen LogP contribution in [0.25, 0.3) is 0 Å². The zero-order valence-electron chi connectivity index (χ0n) is 22.6. The van der Waals surface area contributed by atoms with Gasteiger partial charge in [-0.15, -0.1) is 0 Å². The molecule has 2 saturated heterocycles. The van der Waals surface area contributed by atoms with Crippen molar-refractivity contribution in [3.05, 3.63) is 82.9 Å². The molecule has 2 fully saturated rings. The second kappa shape index (κ2) is 12.8. The average Bonchev–Trinajstić information content (AvgIpc) is 3.19. The van der Waals surface area contributed by atoms with E-state index < -0.39 is 5.97 Å². The van der Waals surface area contributed by atoms with E-state index >= 15 is 0 Å². The number of hydrogen-bond donors (Lipinski definition) is 1. The van der Waals surface area contributed by atoms with Gasteiger partial charge in [0, 0.05) is 42.9 Å². The molecule has 1 aromatic carbocycles. The van der Waals surface area contributed by atoms with Crippen molar-refractivity contribution in [2.75, 3.05) is 19.7 Å². The van der Waals surface area contributed by atoms with Gasteiger partial charge in [0.25, 0.3) is 0 Å². The first kappa shape index (κ1) is 28.0. The predicted octanol–water partition coefficient (Wildman–Crippen LogP) is 5.01. The maximum atomic E-state index is 11.6. The summed E-state index contributed by atoms with van der Waals surface area (Å²) in [6, 6.07) is 13.7. The number of rotatable bonds is 11. The lowest BCUT2D eigenvalue weighted by Crippen LogP contribution is -2.39. The van der Waals surface area contributed by atoms with Crippen LogP contribution in [0.1, 0.15) is 42.0 Å². The molecule has 2 aliphatic heterocycles. The highest BCUT2D eigenvalue weighted by atomic mass is 35.5. The van der Waals surface area contributed by atoms with Crippen molar-refractivity contribution < 1.29 is 19.4 Å². The number of piperidine rings is 1. The van der Waals surface area contributed by atoms with Crippen LogP contribution in [0.5, 0.6) is 5.88 Å². The van der Waals surface area contributed by atoms with Crippen molar-refractivity contribution >= 4 is 29.1 Å². The minimum Gasteiger partial charge on any atom is -0.477 e. The molecule has 0 spiro atoms. The van der Waals surface area contributed by atoms with E-state index in [1.807, 2.05) is 54.0 Å². The monoisotopic (exact) mass is 563 g/mol. The Labute approximate surface area is 239 Å². The molecular weight excluding hydrogens is 530 g/mol. The largest absolute Gasteiger partial charge is 0.477 e. The van der Waals surface area contributed by atoms with Crippen molar-refractivity contribution in [2.24, 2.45) is 4.99 Å². The maximum absolute atomic E-state index is 11.6. The van der Waals surface area contributed by atoms with E-state index in [2.05, 4.69) is 16.5 Å². The number of pyridine rings is 1. The van der Waals surface area contributed by atoms with Crippen molar-refractivity contribution in [1.29, 1.82) is 0 Å². The van der Waals surface area contributed by atoms with Gasteiger partial charge in [0.1, 0.15) is 17.6 Å². The number of carboxylic acid groups (broad SMARTS) is 1. The smallest absolute Gasteiger partial charge is 0.354 e. The SMILES string of the molecule is C=CC(=Nc1c(C)nc(CN2CCC(Oc3cccc(Cc4cccc(Cl)c4)n3)CC2)n1CC1CCO1)C(=O)O. The zero-order chi connectivity index (χ0) is 28.1. The van der Waals surface area contributed by atoms with Gasteiger partial charge in [-0.3, -0.25) is 4.90 Å². The summed E-state index contributed by atoms with van der Waals surface area (Å²) in [7, 11) is 0. The summed E-state index contributed by atoms with van der Waals surface area (Å²) in [5, 5.41) is 10.2. The number of aromatic nitrogens is 3. The molecule has 9 nitrogen and oxygen atoms in total. The number of aryl methyl sites for hydroxylation is 1. The number of carbonyl (C=O) groups is 1. The van der Waals surface area contributed by atoms with Crippen LogP contribution < -0.4 is 4.74 Å². The fourth-order valence-corrected chi connectivity index (χ4v) is 5.25. The van der Waals surface area contributed by atoms with Crippen LogP contribution in [0, 0.1) is 6.92 Å². The molecule has 1 N–H and O–H groups in total. The summed E-state index contributed by atoms with van der Waals surface area (Å²) >= 11 is 6.13. The number of hydrogen-bond acceptors (Lipinski definition) is 7. The second-order valence-electron chi connectivity index (χ2n) is 10.2. The number of nitrogens with zero attached hydrogens (tertiary/aromatic N) is 5. The summed E-state index contributed by atoms with van der Waals surface area (Å²) in [6.45, 7) is 9.13. The van der Waals surface area contributed by atoms with E-state index in [4.69, 9.17) is 31.0 Å². The third-order valence-electron chi connectivity index (χ3n) is 7.25. The number of ether oxygens (including phenoxy) is 2. The molecule has 0 amide bonds. The summed E-state index contributed by atoms with van der Waals surface area (Å²) in [5.41, 5.74) is 2.64. The minimum atomic E-state index is -1.12. The first-order chi connectivity index (χ1) is 19.4. The minimum absolute atomic E-state index is 0.0830. The van der Waals surface area contributed by atoms with Crippen molar-refractivity contribution in [2.45, 2.75) is 57.9 Å². The van der Waals surface area contributed by atoms with E-state index in [0.717, 1.165) is 61.1 Å². The highest BCUT2D eigenvalue weighted by Crippen LogP contribution is 2.27. The summed E-state index contributed by atoms with van der Waals surface area (Å²) in [4.78, 5) is 27.8. The third-order valence-corrected chi connectivity index (χ3v) is 7.48. The van der Waals surface area contributed by atoms with Crippen LogP contribution >= 0.6 is 11.6 Å². The van der Waals surface area contributed by atoms with Gasteiger partial charge < -0.3 is 19.1 Å². The van der Waals surface area contributed by atoms with Gasteiger partial charge in [-0.25, -0.2) is 19.8 Å². The fourth-order valence-electron chi connectivity index (χ4n) is 5.04. The normalized spacial score (nSPS) is 18.4. The molecule has 40 heavy (non-hydrogen) atoms. The van der Waals surface area contributed by atoms with Gasteiger partial charge in [-0.2, -0.15) is 0 Å². The number of likely N-dealkylation sites (tertiary alicyclic amines) is 1. The molecule has 2 aromatic heterocycles. The van der Waals surface area contributed by atoms with Crippen LogP contribution in [-0.4, -0.2) is 68.1 Å². The highest BCUT2D eigenvalue weighted by molar-refractivity contribution is 6.40. The molecule has 210 valence electrons. The topological polar surface area (TPSA) is 102 Å². The van der Waals surface area contributed by atoms with Crippen molar-refractivity contribution in [1.82, 2.24) is 19.4 Å². The zero-order valence-corrected chi connectivity index (χ0v) is 23.4. The van der Waals surface area contributed by atoms with E-state index in [0.29, 0.717) is 36.9 Å². The molecule has 0 saturated carbocycles. The van der Waals surface area contributed by atoms with Crippen LogP contribution in [0.2, 0.25) is 5.02 Å². The Hall–Kier alpha value is -3.53. The molecule has 4 heterocycles. The molecule has 5 rings (SSSR count). The first-order valence-electron chi connectivity index (χ1n) is 13.6. The summed E-state index contributed by atoms with van der Waals surface area (Å²) in [5.74, 6) is 0.929. The summed E-state index contributed by atoms with van der Waals surface area (Å²) in [6.07, 6.45) is 4.82. The molecule has 2 aliphatic rings. The summed E-state index contributed by atoms with van der Waals surface area (Å²) < 4.78 is 13.9. The van der Waals surface area contributed by atoms with Crippen LogP contribution in [0.15, 0.2) is 60.1 Å². The van der Waals surface area contributed by atoms with Crippen LogP contribution in [-0.2, 0) is 29.0 Å². The van der Waals surface area contributed by atoms with Gasteiger partial charge in [-0.05, 0) is 56.0 Å². The number of imidazole rings is 1. The van der Waals surface area contributed by atoms with Gasteiger partial charge in [0.15, 0.2) is 5.82 Å². The second-order valence-corrected chi connectivity index (χ2v) is 10.6. The van der Waals surface area contributed by atoms with E-state index in [9.17, 15) is 9.90 Å². The van der Waals surface area contributed by atoms with Crippen molar-refractivity contribution in [3.63, 3.8) is 0 Å². The Balaban J connectivity index is 1.21. The van der Waals surface area contributed by atoms with Crippen LogP contribution in [0.3, 0.4) is 0 Å². The highest BCUT2D eigenvalue weighted by Gasteiger charge is 2.27. The lowest BCUT2D eigenvalue weighted by Gasteiger charge is -2.32. The van der Waals surface area contributed by atoms with Gasteiger partial charge in [0.05, 0.1) is 24.9 Å². The van der Waals surface area contributed by atoms with Gasteiger partial charge in [-0.1, -0.05) is 36.4 Å². The number of aliphatic carboxylic acids is 1. The Morgan fingerprint density at radius 2 is 2.00 bits per heavy atom. The molecule has 0 bridgehead atoms.